The Labute approximate surface area is 183 Å². The summed E-state index contributed by atoms with van der Waals surface area (Å²) < 4.78 is 32.3. The zero-order valence-corrected chi connectivity index (χ0v) is 18.3. The largest absolute Gasteiger partial charge is 0.497 e. The zero-order chi connectivity index (χ0) is 21.8. The van der Waals surface area contributed by atoms with E-state index in [-0.39, 0.29) is 24.2 Å². The van der Waals surface area contributed by atoms with Crippen molar-refractivity contribution in [1.82, 2.24) is 20.5 Å². The third-order valence-electron chi connectivity index (χ3n) is 5.86. The lowest BCUT2D eigenvalue weighted by atomic mass is 10.0. The number of carbonyl (C=O) groups excluding carboxylic acids is 1. The van der Waals surface area contributed by atoms with Crippen LogP contribution in [0.1, 0.15) is 29.2 Å². The minimum absolute atomic E-state index is 0.0488. The second-order valence-electron chi connectivity index (χ2n) is 7.87. The van der Waals surface area contributed by atoms with E-state index in [1.807, 2.05) is 48.5 Å². The molecule has 0 aromatic heterocycles. The quantitative estimate of drug-likeness (QED) is 0.592. The summed E-state index contributed by atoms with van der Waals surface area (Å²) in [6, 6.07) is 15.3. The molecule has 0 aliphatic carbocycles. The van der Waals surface area contributed by atoms with Crippen LogP contribution in [0.2, 0.25) is 0 Å². The van der Waals surface area contributed by atoms with E-state index in [2.05, 4.69) is 16.2 Å². The first-order chi connectivity index (χ1) is 15.0. The number of hydrogen-bond acceptors (Lipinski definition) is 6. The summed E-state index contributed by atoms with van der Waals surface area (Å²) >= 11 is 0. The Hall–Kier alpha value is -2.46. The average Bonchev–Trinajstić information content (AvgIpc) is 3.29. The van der Waals surface area contributed by atoms with Gasteiger partial charge in [0.25, 0.3) is 0 Å². The molecule has 31 heavy (non-hydrogen) atoms. The summed E-state index contributed by atoms with van der Waals surface area (Å²) in [6.07, 6.45) is 1.26. The second kappa shape index (κ2) is 9.35. The normalized spacial score (nSPS) is 21.5. The van der Waals surface area contributed by atoms with Crippen LogP contribution in [-0.2, 0) is 27.8 Å². The van der Waals surface area contributed by atoms with E-state index >= 15 is 0 Å². The van der Waals surface area contributed by atoms with Gasteiger partial charge in [-0.1, -0.05) is 36.4 Å². The second-order valence-corrected chi connectivity index (χ2v) is 9.95. The van der Waals surface area contributed by atoms with Crippen LogP contribution in [0.3, 0.4) is 0 Å². The Balaban J connectivity index is 1.26. The zero-order valence-electron chi connectivity index (χ0n) is 17.5. The van der Waals surface area contributed by atoms with Crippen molar-refractivity contribution >= 4 is 15.9 Å². The third-order valence-corrected chi connectivity index (χ3v) is 7.68. The molecule has 2 aliphatic heterocycles. The number of ether oxygens (including phenoxy) is 1. The number of fused-ring (bicyclic) bond motifs is 1. The fourth-order valence-electron chi connectivity index (χ4n) is 4.06. The summed E-state index contributed by atoms with van der Waals surface area (Å²) in [4.78, 5) is 12.5. The van der Waals surface area contributed by atoms with Gasteiger partial charge in [0.05, 0.1) is 12.9 Å². The standard InChI is InChI=1S/C22H28N4O4S/c1-30-19-8-7-18-15-26(11-9-17(18)13-19)31(28,29)12-10-23-22(27)21-14-20(24-25-21)16-5-3-2-4-6-16/h2-8,13,20-21,24-25H,9-12,14-15H2,1H3,(H,23,27). The van der Waals surface area contributed by atoms with Crippen LogP contribution >= 0.6 is 0 Å². The smallest absolute Gasteiger partial charge is 0.238 e. The first-order valence-electron chi connectivity index (χ1n) is 10.4. The molecule has 1 saturated heterocycles. The van der Waals surface area contributed by atoms with Gasteiger partial charge in [-0.15, -0.1) is 0 Å². The number of benzene rings is 2. The van der Waals surface area contributed by atoms with Gasteiger partial charge in [0.15, 0.2) is 0 Å². The number of hydrazine groups is 1. The van der Waals surface area contributed by atoms with Crippen LogP contribution in [0.5, 0.6) is 5.75 Å². The molecule has 0 spiro atoms. The van der Waals surface area contributed by atoms with Crippen molar-refractivity contribution in [3.05, 3.63) is 65.2 Å². The predicted octanol–water partition coefficient (Wildman–Crippen LogP) is 1.11. The summed E-state index contributed by atoms with van der Waals surface area (Å²) in [7, 11) is -1.84. The molecular formula is C22H28N4O4S. The lowest BCUT2D eigenvalue weighted by molar-refractivity contribution is -0.122. The van der Waals surface area contributed by atoms with Gasteiger partial charge in [-0.2, -0.15) is 4.31 Å². The fraction of sp³-hybridized carbons (Fsp3) is 0.409. The van der Waals surface area contributed by atoms with Crippen LogP contribution < -0.4 is 20.9 Å². The lowest BCUT2D eigenvalue weighted by Crippen LogP contribution is -2.45. The molecule has 2 aliphatic rings. The Kier molecular flexibility index (Phi) is 6.57. The van der Waals surface area contributed by atoms with E-state index in [1.165, 1.54) is 4.31 Å². The SMILES string of the molecule is COc1ccc2c(c1)CCN(S(=O)(=O)CCNC(=O)C1CC(c3ccccc3)NN1)C2. The predicted molar refractivity (Wildman–Crippen MR) is 118 cm³/mol. The van der Waals surface area contributed by atoms with E-state index in [1.54, 1.807) is 7.11 Å². The number of nitrogens with zero attached hydrogens (tertiary/aromatic N) is 1. The van der Waals surface area contributed by atoms with Crippen LogP contribution in [0.15, 0.2) is 48.5 Å². The Bertz CT molecular complexity index is 1030. The molecule has 9 heteroatoms. The van der Waals surface area contributed by atoms with Crippen LogP contribution in [0, 0.1) is 0 Å². The summed E-state index contributed by atoms with van der Waals surface area (Å²) in [5, 5.41) is 2.76. The highest BCUT2D eigenvalue weighted by Crippen LogP contribution is 2.25. The third kappa shape index (κ3) is 5.07. The highest BCUT2D eigenvalue weighted by molar-refractivity contribution is 7.89. The molecule has 0 radical (unpaired) electrons. The first kappa shape index (κ1) is 21.8. The van der Waals surface area contributed by atoms with Gasteiger partial charge >= 0.3 is 0 Å². The number of carbonyl (C=O) groups is 1. The molecule has 2 unspecified atom stereocenters. The van der Waals surface area contributed by atoms with Gasteiger partial charge in [0.1, 0.15) is 11.8 Å². The molecule has 0 bridgehead atoms. The Morgan fingerprint density at radius 2 is 1.97 bits per heavy atom. The molecule has 3 N–H and O–H groups in total. The van der Waals surface area contributed by atoms with E-state index in [4.69, 9.17) is 4.74 Å². The Morgan fingerprint density at radius 3 is 2.74 bits per heavy atom. The van der Waals surface area contributed by atoms with E-state index in [0.29, 0.717) is 25.9 Å². The van der Waals surface area contributed by atoms with Crippen molar-refractivity contribution in [3.63, 3.8) is 0 Å². The number of nitrogens with one attached hydrogen (secondary N) is 3. The minimum atomic E-state index is -3.46. The van der Waals surface area contributed by atoms with Gasteiger partial charge < -0.3 is 10.1 Å². The van der Waals surface area contributed by atoms with Crippen molar-refractivity contribution in [3.8, 4) is 5.75 Å². The lowest BCUT2D eigenvalue weighted by Gasteiger charge is -2.28. The van der Waals surface area contributed by atoms with Crippen LogP contribution in [0.4, 0.5) is 0 Å². The Morgan fingerprint density at radius 1 is 1.16 bits per heavy atom. The van der Waals surface area contributed by atoms with Gasteiger partial charge in [-0.3, -0.25) is 4.79 Å². The number of rotatable bonds is 7. The van der Waals surface area contributed by atoms with Crippen molar-refractivity contribution in [2.75, 3.05) is 26.0 Å². The molecule has 2 aromatic carbocycles. The molecule has 166 valence electrons. The maximum atomic E-state index is 12.8. The summed E-state index contributed by atoms with van der Waals surface area (Å²) in [6.45, 7) is 0.868. The highest BCUT2D eigenvalue weighted by atomic mass is 32.2. The van der Waals surface area contributed by atoms with Gasteiger partial charge in [0, 0.05) is 25.7 Å². The van der Waals surface area contributed by atoms with Crippen molar-refractivity contribution < 1.29 is 17.9 Å². The number of methoxy groups -OCH3 is 1. The van der Waals surface area contributed by atoms with E-state index in [0.717, 1.165) is 22.4 Å². The minimum Gasteiger partial charge on any atom is -0.497 e. The molecule has 2 heterocycles. The van der Waals surface area contributed by atoms with Gasteiger partial charge in [-0.05, 0) is 41.7 Å². The summed E-state index contributed by atoms with van der Waals surface area (Å²) in [5.41, 5.74) is 9.36. The van der Waals surface area contributed by atoms with Crippen molar-refractivity contribution in [2.45, 2.75) is 31.5 Å². The van der Waals surface area contributed by atoms with Gasteiger partial charge in [-0.25, -0.2) is 19.3 Å². The first-order valence-corrected chi connectivity index (χ1v) is 12.0. The fourth-order valence-corrected chi connectivity index (χ4v) is 5.38. The van der Waals surface area contributed by atoms with Crippen LogP contribution in [-0.4, -0.2) is 50.6 Å². The van der Waals surface area contributed by atoms with E-state index in [9.17, 15) is 13.2 Å². The number of hydrogen-bond donors (Lipinski definition) is 3. The van der Waals surface area contributed by atoms with E-state index < -0.39 is 16.1 Å². The molecule has 4 rings (SSSR count). The molecule has 0 saturated carbocycles. The molecule has 8 nitrogen and oxygen atoms in total. The highest BCUT2D eigenvalue weighted by Gasteiger charge is 2.31. The van der Waals surface area contributed by atoms with Crippen molar-refractivity contribution in [1.29, 1.82) is 0 Å². The molecule has 1 amide bonds. The molecule has 2 aromatic rings. The molecular weight excluding hydrogens is 416 g/mol. The monoisotopic (exact) mass is 444 g/mol. The summed E-state index contributed by atoms with van der Waals surface area (Å²) in [5.74, 6) is 0.464. The molecule has 2 atom stereocenters. The van der Waals surface area contributed by atoms with Crippen molar-refractivity contribution in [2.24, 2.45) is 0 Å². The average molecular weight is 445 g/mol. The topological polar surface area (TPSA) is 99.8 Å². The number of sulfonamides is 1. The number of amides is 1. The maximum absolute atomic E-state index is 12.8. The maximum Gasteiger partial charge on any atom is 0.238 e. The van der Waals surface area contributed by atoms with Gasteiger partial charge in [0.2, 0.25) is 15.9 Å². The van der Waals surface area contributed by atoms with Crippen LogP contribution in [0.25, 0.3) is 0 Å². The molecule has 1 fully saturated rings.